The Balaban J connectivity index is 1.45. The van der Waals surface area contributed by atoms with Crippen molar-refractivity contribution < 1.29 is 9.53 Å². The van der Waals surface area contributed by atoms with Crippen molar-refractivity contribution in [3.05, 3.63) is 47.2 Å². The van der Waals surface area contributed by atoms with Crippen LogP contribution in [0.5, 0.6) is 5.88 Å². The molecule has 3 aromatic rings. The average molecular weight is 497 g/mol. The summed E-state index contributed by atoms with van der Waals surface area (Å²) < 4.78 is 7.07. The third-order valence-electron chi connectivity index (χ3n) is 7.47. The van der Waals surface area contributed by atoms with Crippen molar-refractivity contribution in [2.45, 2.75) is 50.6 Å². The Hall–Kier alpha value is -2.68. The minimum atomic E-state index is -0.127. The lowest BCUT2D eigenvalue weighted by Gasteiger charge is -2.49. The van der Waals surface area contributed by atoms with Gasteiger partial charge in [0.1, 0.15) is 0 Å². The van der Waals surface area contributed by atoms with Gasteiger partial charge >= 0.3 is 0 Å². The Morgan fingerprint density at radius 3 is 2.89 bits per heavy atom. The summed E-state index contributed by atoms with van der Waals surface area (Å²) in [5.74, 6) is 0.751. The van der Waals surface area contributed by atoms with E-state index in [4.69, 9.17) is 16.3 Å². The summed E-state index contributed by atoms with van der Waals surface area (Å²) in [6.45, 7) is 5.87. The zero-order valence-electron chi connectivity index (χ0n) is 20.4. The number of ether oxygens (including phenoxy) is 1. The van der Waals surface area contributed by atoms with Crippen molar-refractivity contribution in [1.29, 1.82) is 0 Å². The molecule has 2 aliphatic rings. The first-order chi connectivity index (χ1) is 17.0. The van der Waals surface area contributed by atoms with E-state index in [9.17, 15) is 4.79 Å². The number of piperazine rings is 1. The van der Waals surface area contributed by atoms with Gasteiger partial charge in [-0.3, -0.25) is 14.3 Å². The molecule has 3 heterocycles. The van der Waals surface area contributed by atoms with Crippen molar-refractivity contribution in [2.24, 2.45) is 0 Å². The van der Waals surface area contributed by atoms with Gasteiger partial charge in [0.15, 0.2) is 0 Å². The Labute approximate surface area is 211 Å². The number of rotatable bonds is 6. The van der Waals surface area contributed by atoms with Gasteiger partial charge in [-0.15, -0.1) is 0 Å². The van der Waals surface area contributed by atoms with E-state index in [0.29, 0.717) is 40.4 Å². The summed E-state index contributed by atoms with van der Waals surface area (Å²) in [4.78, 5) is 25.1. The van der Waals surface area contributed by atoms with Crippen molar-refractivity contribution in [2.75, 3.05) is 33.3 Å². The maximum absolute atomic E-state index is 13.6. The molecule has 2 aromatic heterocycles. The number of benzene rings is 1. The topological polar surface area (TPSA) is 84.3 Å². The van der Waals surface area contributed by atoms with Crippen LogP contribution in [-0.2, 0) is 0 Å². The highest BCUT2D eigenvalue weighted by Gasteiger charge is 2.39. The van der Waals surface area contributed by atoms with Crippen LogP contribution in [0.3, 0.4) is 0 Å². The van der Waals surface area contributed by atoms with Crippen LogP contribution in [0.1, 0.15) is 49.4 Å². The first kappa shape index (κ1) is 24.0. The fourth-order valence-corrected chi connectivity index (χ4v) is 5.93. The highest BCUT2D eigenvalue weighted by molar-refractivity contribution is 6.37. The summed E-state index contributed by atoms with van der Waals surface area (Å²) >= 11 is 6.61. The lowest BCUT2D eigenvalue weighted by Crippen LogP contribution is -2.63. The standard InChI is InChI=1S/C26H33ClN6O2/c1-18-15-32(14-13-28-18)26(10-4-3-5-11-26)17-30-24(34)19-16-33(21-8-6-7-20(27)23(19)21)25-29-12-9-22(31-25)35-2/h6-9,12,16,18,28H,3-5,10-11,13-15,17H2,1-2H3,(H,30,34)/t18-/m1/s1. The minimum Gasteiger partial charge on any atom is -0.481 e. The van der Waals surface area contributed by atoms with Gasteiger partial charge in [-0.1, -0.05) is 36.9 Å². The molecule has 1 aliphatic heterocycles. The molecule has 1 saturated carbocycles. The fourth-order valence-electron chi connectivity index (χ4n) is 5.66. The molecular formula is C26H33ClN6O2. The number of hydrogen-bond donors (Lipinski definition) is 2. The average Bonchev–Trinajstić information content (AvgIpc) is 3.29. The van der Waals surface area contributed by atoms with Gasteiger partial charge in [0, 0.05) is 61.6 Å². The summed E-state index contributed by atoms with van der Waals surface area (Å²) in [6, 6.07) is 7.74. The number of halogens is 1. The van der Waals surface area contributed by atoms with Crippen LogP contribution in [0.2, 0.25) is 5.02 Å². The Morgan fingerprint density at radius 2 is 2.11 bits per heavy atom. The summed E-state index contributed by atoms with van der Waals surface area (Å²) in [5.41, 5.74) is 1.30. The molecule has 0 radical (unpaired) electrons. The molecule has 5 rings (SSSR count). The molecule has 0 unspecified atom stereocenters. The van der Waals surface area contributed by atoms with Crippen molar-refractivity contribution in [1.82, 2.24) is 30.1 Å². The lowest BCUT2D eigenvalue weighted by molar-refractivity contribution is 0.0273. The Kier molecular flexibility index (Phi) is 6.95. The molecule has 1 saturated heterocycles. The number of amides is 1. The molecule has 2 N–H and O–H groups in total. The lowest BCUT2D eigenvalue weighted by atomic mass is 9.79. The number of hydrogen-bond acceptors (Lipinski definition) is 6. The first-order valence-corrected chi connectivity index (χ1v) is 12.8. The van der Waals surface area contributed by atoms with E-state index in [1.54, 1.807) is 30.1 Å². The molecule has 9 heteroatoms. The highest BCUT2D eigenvalue weighted by Crippen LogP contribution is 2.35. The zero-order valence-corrected chi connectivity index (χ0v) is 21.1. The number of methoxy groups -OCH3 is 1. The maximum atomic E-state index is 13.6. The van der Waals surface area contributed by atoms with Gasteiger partial charge < -0.3 is 15.4 Å². The second kappa shape index (κ2) is 10.1. The summed E-state index contributed by atoms with van der Waals surface area (Å²) in [7, 11) is 1.57. The van der Waals surface area contributed by atoms with E-state index >= 15 is 0 Å². The summed E-state index contributed by atoms with van der Waals surface area (Å²) in [5, 5.41) is 8.06. The third-order valence-corrected chi connectivity index (χ3v) is 7.78. The van der Waals surface area contributed by atoms with E-state index in [2.05, 4.69) is 32.4 Å². The number of carbonyl (C=O) groups excluding carboxylic acids is 1. The van der Waals surface area contributed by atoms with Crippen LogP contribution in [-0.4, -0.2) is 70.2 Å². The first-order valence-electron chi connectivity index (χ1n) is 12.4. The molecule has 2 fully saturated rings. The van der Waals surface area contributed by atoms with Gasteiger partial charge in [0.2, 0.25) is 11.8 Å². The van der Waals surface area contributed by atoms with Gasteiger partial charge in [0.25, 0.3) is 5.91 Å². The second-order valence-corrected chi connectivity index (χ2v) is 10.1. The number of fused-ring (bicyclic) bond motifs is 1. The van der Waals surface area contributed by atoms with Crippen LogP contribution < -0.4 is 15.4 Å². The van der Waals surface area contributed by atoms with Crippen LogP contribution >= 0.6 is 11.6 Å². The predicted octanol–water partition coefficient (Wildman–Crippen LogP) is 3.81. The molecule has 186 valence electrons. The van der Waals surface area contributed by atoms with Crippen LogP contribution in [0, 0.1) is 0 Å². The minimum absolute atomic E-state index is 0.00232. The molecule has 1 atom stereocenters. The van der Waals surface area contributed by atoms with E-state index in [1.165, 1.54) is 19.3 Å². The molecule has 1 aromatic carbocycles. The predicted molar refractivity (Wildman–Crippen MR) is 138 cm³/mol. The van der Waals surface area contributed by atoms with Gasteiger partial charge in [-0.25, -0.2) is 4.98 Å². The van der Waals surface area contributed by atoms with Crippen molar-refractivity contribution in [3.63, 3.8) is 0 Å². The van der Waals surface area contributed by atoms with Crippen LogP contribution in [0.15, 0.2) is 36.7 Å². The van der Waals surface area contributed by atoms with Crippen molar-refractivity contribution >= 4 is 28.4 Å². The zero-order chi connectivity index (χ0) is 24.4. The van der Waals surface area contributed by atoms with E-state index < -0.39 is 0 Å². The van der Waals surface area contributed by atoms with E-state index in [0.717, 1.165) is 38.0 Å². The van der Waals surface area contributed by atoms with Gasteiger partial charge in [0.05, 0.1) is 23.2 Å². The van der Waals surface area contributed by atoms with Crippen LogP contribution in [0.4, 0.5) is 0 Å². The third kappa shape index (κ3) is 4.75. The Morgan fingerprint density at radius 1 is 1.29 bits per heavy atom. The fraction of sp³-hybridized carbons (Fsp3) is 0.500. The number of nitrogens with one attached hydrogen (secondary N) is 2. The maximum Gasteiger partial charge on any atom is 0.253 e. The Bertz CT molecular complexity index is 1210. The second-order valence-electron chi connectivity index (χ2n) is 9.71. The number of carbonyl (C=O) groups is 1. The molecule has 35 heavy (non-hydrogen) atoms. The molecule has 1 amide bonds. The number of nitrogens with zero attached hydrogens (tertiary/aromatic N) is 4. The number of aromatic nitrogens is 3. The molecule has 0 spiro atoms. The normalized spacial score (nSPS) is 20.6. The van der Waals surface area contributed by atoms with Gasteiger partial charge in [-0.2, -0.15) is 4.98 Å². The molecule has 0 bridgehead atoms. The monoisotopic (exact) mass is 496 g/mol. The summed E-state index contributed by atoms with van der Waals surface area (Å²) in [6.07, 6.45) is 9.31. The molecule has 1 aliphatic carbocycles. The van der Waals surface area contributed by atoms with Gasteiger partial charge in [-0.05, 0) is 31.9 Å². The molecular weight excluding hydrogens is 464 g/mol. The van der Waals surface area contributed by atoms with E-state index in [1.807, 2.05) is 18.2 Å². The van der Waals surface area contributed by atoms with E-state index in [-0.39, 0.29) is 11.4 Å². The smallest absolute Gasteiger partial charge is 0.253 e. The largest absolute Gasteiger partial charge is 0.481 e. The SMILES string of the molecule is COc1ccnc(-n2cc(C(=O)NCC3(N4CCN[C@H](C)C4)CCCCC3)c3c(Cl)cccc32)n1. The van der Waals surface area contributed by atoms with Crippen molar-refractivity contribution in [3.8, 4) is 11.8 Å². The molecule has 8 nitrogen and oxygen atoms in total. The quantitative estimate of drug-likeness (QED) is 0.540. The highest BCUT2D eigenvalue weighted by atomic mass is 35.5. The van der Waals surface area contributed by atoms with Crippen LogP contribution in [0.25, 0.3) is 16.9 Å².